The Labute approximate surface area is 190 Å². The van der Waals surface area contributed by atoms with Gasteiger partial charge in [0.25, 0.3) is 0 Å². The maximum absolute atomic E-state index is 12.0. The van der Waals surface area contributed by atoms with E-state index >= 15 is 0 Å². The number of aromatic amines is 1. The number of esters is 1. The first kappa shape index (κ1) is 20.4. The van der Waals surface area contributed by atoms with Crippen molar-refractivity contribution in [3.8, 4) is 33.9 Å². The second-order valence-electron chi connectivity index (χ2n) is 7.52. The van der Waals surface area contributed by atoms with Gasteiger partial charge in [-0.1, -0.05) is 48.5 Å². The number of ether oxygens (including phenoxy) is 1. The largest absolute Gasteiger partial charge is 0.465 e. The van der Waals surface area contributed by atoms with Crippen LogP contribution in [0.15, 0.2) is 91.5 Å². The Morgan fingerprint density at radius 3 is 2.61 bits per heavy atom. The van der Waals surface area contributed by atoms with Crippen molar-refractivity contribution in [2.75, 3.05) is 7.11 Å². The van der Waals surface area contributed by atoms with Crippen LogP contribution in [0.1, 0.15) is 15.9 Å². The lowest BCUT2D eigenvalue weighted by atomic mass is 10.1. The Kier molecular flexibility index (Phi) is 5.51. The molecule has 0 aliphatic rings. The monoisotopic (exact) mass is 435 g/mol. The first-order valence-electron chi connectivity index (χ1n) is 10.5. The van der Waals surface area contributed by atoms with Crippen LogP contribution in [0.3, 0.4) is 0 Å². The number of benzene rings is 2. The van der Waals surface area contributed by atoms with E-state index < -0.39 is 0 Å². The van der Waals surface area contributed by atoms with Crippen molar-refractivity contribution in [2.45, 2.75) is 6.54 Å². The minimum atomic E-state index is -0.356. The molecule has 0 radical (unpaired) electrons. The van der Waals surface area contributed by atoms with Gasteiger partial charge in [-0.3, -0.25) is 9.67 Å². The molecule has 162 valence electrons. The number of nitrogens with one attached hydrogen (secondary N) is 1. The minimum absolute atomic E-state index is 0.356. The normalized spacial score (nSPS) is 10.8. The summed E-state index contributed by atoms with van der Waals surface area (Å²) < 4.78 is 6.69. The predicted octanol–water partition coefficient (Wildman–Crippen LogP) is 4.84. The van der Waals surface area contributed by atoms with Gasteiger partial charge in [0.1, 0.15) is 5.69 Å². The number of hydrogen-bond donors (Lipinski definition) is 1. The third-order valence-corrected chi connectivity index (χ3v) is 5.38. The number of carbonyl (C=O) groups excluding carboxylic acids is 1. The summed E-state index contributed by atoms with van der Waals surface area (Å²) in [6.45, 7) is 0.460. The molecule has 0 saturated carbocycles. The number of methoxy groups -OCH3 is 1. The molecule has 0 amide bonds. The number of H-pyrrole nitrogens is 1. The maximum Gasteiger partial charge on any atom is 0.338 e. The molecular formula is C26H21N5O2. The Hall–Kier alpha value is -4.52. The van der Waals surface area contributed by atoms with Crippen LogP contribution in [0.2, 0.25) is 0 Å². The topological polar surface area (TPSA) is 85.7 Å². The summed E-state index contributed by atoms with van der Waals surface area (Å²) in [5, 5.41) is 4.48. The summed E-state index contributed by atoms with van der Waals surface area (Å²) in [6.07, 6.45) is 7.33. The molecule has 2 aromatic carbocycles. The van der Waals surface area contributed by atoms with E-state index in [1.54, 1.807) is 23.1 Å². The lowest BCUT2D eigenvalue weighted by Gasteiger charge is -2.07. The molecule has 33 heavy (non-hydrogen) atoms. The Morgan fingerprint density at radius 2 is 1.76 bits per heavy atom. The van der Waals surface area contributed by atoms with Gasteiger partial charge >= 0.3 is 5.97 Å². The number of carbonyl (C=O) groups is 1. The van der Waals surface area contributed by atoms with E-state index in [2.05, 4.69) is 20.1 Å². The zero-order chi connectivity index (χ0) is 22.6. The van der Waals surface area contributed by atoms with Crippen LogP contribution in [0.5, 0.6) is 0 Å². The van der Waals surface area contributed by atoms with E-state index in [9.17, 15) is 4.79 Å². The fourth-order valence-corrected chi connectivity index (χ4v) is 3.70. The summed E-state index contributed by atoms with van der Waals surface area (Å²) >= 11 is 0. The van der Waals surface area contributed by atoms with E-state index in [0.717, 1.165) is 33.6 Å². The zero-order valence-electron chi connectivity index (χ0n) is 18.0. The Bertz CT molecular complexity index is 1410. The first-order valence-corrected chi connectivity index (χ1v) is 10.5. The molecule has 0 saturated heterocycles. The van der Waals surface area contributed by atoms with Crippen molar-refractivity contribution in [3.63, 3.8) is 0 Å². The molecule has 0 aliphatic heterocycles. The Morgan fingerprint density at radius 1 is 0.939 bits per heavy atom. The standard InChI is InChI=1S/C26H21N5O2/c1-33-26(32)22-10-6-5-9-20(22)16-31-17-21(14-29-31)19-11-12-27-23(13-19)25-28-15-24(30-25)18-7-3-2-4-8-18/h2-15,17H,16H2,1H3,(H,28,30). The molecule has 5 aromatic rings. The van der Waals surface area contributed by atoms with Crippen LogP contribution >= 0.6 is 0 Å². The number of pyridine rings is 1. The molecule has 5 rings (SSSR count). The fraction of sp³-hybridized carbons (Fsp3) is 0.0769. The third kappa shape index (κ3) is 4.29. The molecule has 0 atom stereocenters. The maximum atomic E-state index is 12.0. The number of aromatic nitrogens is 5. The average Bonchev–Trinajstić information content (AvgIpc) is 3.55. The summed E-state index contributed by atoms with van der Waals surface area (Å²) in [6, 6.07) is 21.3. The molecule has 0 aliphatic carbocycles. The highest BCUT2D eigenvalue weighted by Crippen LogP contribution is 2.25. The van der Waals surface area contributed by atoms with Gasteiger partial charge in [0.2, 0.25) is 0 Å². The van der Waals surface area contributed by atoms with Crippen LogP contribution in [-0.4, -0.2) is 37.8 Å². The number of nitrogens with zero attached hydrogens (tertiary/aromatic N) is 4. The summed E-state index contributed by atoms with van der Waals surface area (Å²) in [7, 11) is 1.38. The Balaban J connectivity index is 1.39. The molecule has 3 aromatic heterocycles. The number of imidazole rings is 1. The molecule has 1 N–H and O–H groups in total. The van der Waals surface area contributed by atoms with Gasteiger partial charge < -0.3 is 9.72 Å². The van der Waals surface area contributed by atoms with Crippen molar-refractivity contribution in [1.82, 2.24) is 24.7 Å². The molecule has 0 spiro atoms. The van der Waals surface area contributed by atoms with Gasteiger partial charge in [-0.15, -0.1) is 0 Å². The van der Waals surface area contributed by atoms with Crippen LogP contribution < -0.4 is 0 Å². The van der Waals surface area contributed by atoms with Gasteiger partial charge in [0, 0.05) is 18.0 Å². The minimum Gasteiger partial charge on any atom is -0.465 e. The molecule has 0 fully saturated rings. The fourth-order valence-electron chi connectivity index (χ4n) is 3.70. The summed E-state index contributed by atoms with van der Waals surface area (Å²) in [4.78, 5) is 24.4. The lowest BCUT2D eigenvalue weighted by Crippen LogP contribution is -2.09. The summed E-state index contributed by atoms with van der Waals surface area (Å²) in [5.41, 5.74) is 6.07. The molecule has 0 bridgehead atoms. The second kappa shape index (κ2) is 8.92. The van der Waals surface area contributed by atoms with Crippen LogP contribution in [0.4, 0.5) is 0 Å². The van der Waals surface area contributed by atoms with E-state index in [1.807, 2.05) is 73.1 Å². The summed E-state index contributed by atoms with van der Waals surface area (Å²) in [5.74, 6) is 0.347. The van der Waals surface area contributed by atoms with Crippen LogP contribution in [0.25, 0.3) is 33.9 Å². The van der Waals surface area contributed by atoms with E-state index in [4.69, 9.17) is 4.74 Å². The quantitative estimate of drug-likeness (QED) is 0.386. The van der Waals surface area contributed by atoms with Gasteiger partial charge in [-0.05, 0) is 34.9 Å². The predicted molar refractivity (Wildman–Crippen MR) is 125 cm³/mol. The second-order valence-corrected chi connectivity index (χ2v) is 7.52. The van der Waals surface area contributed by atoms with Crippen molar-refractivity contribution >= 4 is 5.97 Å². The van der Waals surface area contributed by atoms with E-state index in [-0.39, 0.29) is 5.97 Å². The third-order valence-electron chi connectivity index (χ3n) is 5.38. The van der Waals surface area contributed by atoms with E-state index in [0.29, 0.717) is 17.9 Å². The SMILES string of the molecule is COC(=O)c1ccccc1Cn1cc(-c2ccnc(-c3ncc(-c4ccccc4)[nH]3)c2)cn1. The van der Waals surface area contributed by atoms with Crippen molar-refractivity contribution in [2.24, 2.45) is 0 Å². The van der Waals surface area contributed by atoms with Gasteiger partial charge in [0.05, 0.1) is 37.3 Å². The molecule has 0 unspecified atom stereocenters. The highest BCUT2D eigenvalue weighted by Gasteiger charge is 2.13. The number of hydrogen-bond acceptors (Lipinski definition) is 5. The van der Waals surface area contributed by atoms with Gasteiger partial charge in [-0.2, -0.15) is 5.10 Å². The molecule has 3 heterocycles. The lowest BCUT2D eigenvalue weighted by molar-refractivity contribution is 0.0599. The number of rotatable bonds is 6. The van der Waals surface area contributed by atoms with Crippen molar-refractivity contribution < 1.29 is 9.53 Å². The van der Waals surface area contributed by atoms with Gasteiger partial charge in [0.15, 0.2) is 5.82 Å². The van der Waals surface area contributed by atoms with Crippen molar-refractivity contribution in [3.05, 3.63) is 103 Å². The highest BCUT2D eigenvalue weighted by atomic mass is 16.5. The van der Waals surface area contributed by atoms with Gasteiger partial charge in [-0.25, -0.2) is 9.78 Å². The van der Waals surface area contributed by atoms with Crippen LogP contribution in [0, 0.1) is 0 Å². The van der Waals surface area contributed by atoms with E-state index in [1.165, 1.54) is 7.11 Å². The van der Waals surface area contributed by atoms with Crippen LogP contribution in [-0.2, 0) is 11.3 Å². The smallest absolute Gasteiger partial charge is 0.338 e. The van der Waals surface area contributed by atoms with Crippen molar-refractivity contribution in [1.29, 1.82) is 0 Å². The molecular weight excluding hydrogens is 414 g/mol. The first-order chi connectivity index (χ1) is 16.2. The highest BCUT2D eigenvalue weighted by molar-refractivity contribution is 5.91. The zero-order valence-corrected chi connectivity index (χ0v) is 18.0. The average molecular weight is 435 g/mol. The molecule has 7 heteroatoms. The molecule has 7 nitrogen and oxygen atoms in total.